The van der Waals surface area contributed by atoms with E-state index in [-0.39, 0.29) is 19.3 Å². The van der Waals surface area contributed by atoms with E-state index in [0.29, 0.717) is 12.1 Å². The highest BCUT2D eigenvalue weighted by molar-refractivity contribution is 7.94. The molecule has 2 N–H and O–H groups in total. The number of hydrogen-bond acceptors (Lipinski definition) is 3. The Balaban J connectivity index is 1.88. The monoisotopic (exact) mass is 458 g/mol. The number of benzene rings is 1. The van der Waals surface area contributed by atoms with Crippen LogP contribution in [0.1, 0.15) is 56.0 Å². The van der Waals surface area contributed by atoms with E-state index in [0.717, 1.165) is 6.07 Å². The van der Waals surface area contributed by atoms with Crippen LogP contribution in [0.3, 0.4) is 0 Å². The van der Waals surface area contributed by atoms with Crippen molar-refractivity contribution in [2.45, 2.75) is 62.7 Å². The van der Waals surface area contributed by atoms with Gasteiger partial charge in [-0.2, -0.15) is 26.3 Å². The molecule has 0 aromatic heterocycles. The molecule has 0 spiro atoms. The van der Waals surface area contributed by atoms with E-state index in [1.807, 2.05) is 4.72 Å². The van der Waals surface area contributed by atoms with Crippen molar-refractivity contribution >= 4 is 21.6 Å². The molecule has 0 saturated heterocycles. The fourth-order valence-corrected chi connectivity index (χ4v) is 4.59. The Bertz CT molecular complexity index is 973. The van der Waals surface area contributed by atoms with E-state index < -0.39 is 60.8 Å². The summed E-state index contributed by atoms with van der Waals surface area (Å²) in [7, 11) is -4.17. The molecular weight excluding hydrogens is 438 g/mol. The molecule has 12 heteroatoms. The van der Waals surface area contributed by atoms with Gasteiger partial charge in [0.15, 0.2) is 0 Å². The first-order valence-electron chi connectivity index (χ1n) is 8.94. The molecule has 3 fully saturated rings. The maximum atomic E-state index is 13.1. The van der Waals surface area contributed by atoms with E-state index >= 15 is 0 Å². The lowest BCUT2D eigenvalue weighted by molar-refractivity contribution is -0.336. The highest BCUT2D eigenvalue weighted by atomic mass is 32.2. The van der Waals surface area contributed by atoms with Gasteiger partial charge in [0.2, 0.25) is 10.0 Å². The number of alkyl halides is 6. The molecule has 3 aliphatic rings. The number of sulfonamides is 1. The molecule has 5 nitrogen and oxygen atoms in total. The normalized spacial score (nSPS) is 26.4. The molecule has 0 unspecified atom stereocenters. The van der Waals surface area contributed by atoms with Gasteiger partial charge in [-0.15, -0.1) is 0 Å². The van der Waals surface area contributed by atoms with E-state index in [1.54, 1.807) is 0 Å². The molecule has 1 amide bonds. The summed E-state index contributed by atoms with van der Waals surface area (Å²) in [4.78, 5) is 12.6. The minimum atomic E-state index is -4.79. The molecule has 0 aliphatic heterocycles. The fourth-order valence-electron chi connectivity index (χ4n) is 3.83. The topological polar surface area (TPSA) is 75.3 Å². The molecule has 0 atom stereocenters. The molecule has 0 radical (unpaired) electrons. The quantitative estimate of drug-likeness (QED) is 0.655. The lowest BCUT2D eigenvalue weighted by Gasteiger charge is -2.70. The number of anilines is 1. The highest BCUT2D eigenvalue weighted by Gasteiger charge is 2.79. The van der Waals surface area contributed by atoms with Crippen molar-refractivity contribution in [2.24, 2.45) is 5.41 Å². The molecule has 1 aromatic carbocycles. The lowest BCUT2D eigenvalue weighted by Crippen LogP contribution is -2.78. The van der Waals surface area contributed by atoms with Gasteiger partial charge in [-0.3, -0.25) is 9.52 Å². The van der Waals surface area contributed by atoms with Crippen LogP contribution in [-0.2, 0) is 16.2 Å². The third kappa shape index (κ3) is 3.63. The first-order chi connectivity index (χ1) is 13.3. The molecule has 3 aliphatic carbocycles. The second kappa shape index (κ2) is 6.27. The van der Waals surface area contributed by atoms with Gasteiger partial charge < -0.3 is 5.32 Å². The number of hydrogen-bond donors (Lipinski definition) is 2. The van der Waals surface area contributed by atoms with Crippen molar-refractivity contribution in [3.05, 3.63) is 29.3 Å². The van der Waals surface area contributed by atoms with Crippen molar-refractivity contribution in [1.29, 1.82) is 0 Å². The maximum absolute atomic E-state index is 13.1. The standard InChI is InChI=1S/C18H20F6N2O3S/c1-14(2,3)30(28,29)26-12-6-10(17(19,20)21)4-5-11(12)13(27)25-16-7-15(8-16,9-16)18(22,23)24/h4-6,26H,7-9H2,1-3H3,(H,25,27). The summed E-state index contributed by atoms with van der Waals surface area (Å²) in [6.45, 7) is 3.96. The van der Waals surface area contributed by atoms with Crippen LogP contribution in [-0.4, -0.2) is 30.8 Å². The zero-order chi connectivity index (χ0) is 23.0. The summed E-state index contributed by atoms with van der Waals surface area (Å²) in [5.74, 6) is -0.939. The van der Waals surface area contributed by atoms with Crippen molar-refractivity contribution in [3.8, 4) is 0 Å². The Labute approximate surface area is 169 Å². The van der Waals surface area contributed by atoms with Crippen LogP contribution in [0.4, 0.5) is 32.0 Å². The summed E-state index contributed by atoms with van der Waals surface area (Å²) in [5, 5.41) is 2.44. The second-order valence-corrected chi connectivity index (χ2v) is 11.5. The smallest absolute Gasteiger partial charge is 0.346 e. The van der Waals surface area contributed by atoms with E-state index in [4.69, 9.17) is 0 Å². The van der Waals surface area contributed by atoms with Crippen LogP contribution in [0.15, 0.2) is 18.2 Å². The van der Waals surface area contributed by atoms with Gasteiger partial charge in [0.1, 0.15) is 0 Å². The van der Waals surface area contributed by atoms with Crippen LogP contribution in [0.2, 0.25) is 0 Å². The van der Waals surface area contributed by atoms with E-state index in [9.17, 15) is 39.6 Å². The molecule has 3 saturated carbocycles. The molecule has 168 valence electrons. The minimum Gasteiger partial charge on any atom is -0.346 e. The Morgan fingerprint density at radius 2 is 1.53 bits per heavy atom. The summed E-state index contributed by atoms with van der Waals surface area (Å²) < 4.78 is 104. The largest absolute Gasteiger partial charge is 0.416 e. The summed E-state index contributed by atoms with van der Waals surface area (Å²) in [5.41, 5.74) is -5.06. The van der Waals surface area contributed by atoms with E-state index in [1.165, 1.54) is 20.8 Å². The van der Waals surface area contributed by atoms with Gasteiger partial charge in [-0.05, 0) is 58.2 Å². The number of nitrogens with one attached hydrogen (secondary N) is 2. The molecule has 1 aromatic rings. The van der Waals surface area contributed by atoms with Gasteiger partial charge in [0, 0.05) is 5.54 Å². The maximum Gasteiger partial charge on any atom is 0.416 e. The van der Waals surface area contributed by atoms with Crippen LogP contribution >= 0.6 is 0 Å². The Hall–Kier alpha value is -1.98. The summed E-state index contributed by atoms with van der Waals surface area (Å²) in [6.07, 6.45) is -10.1. The number of carbonyl (C=O) groups excluding carboxylic acids is 1. The van der Waals surface area contributed by atoms with Crippen molar-refractivity contribution in [3.63, 3.8) is 0 Å². The predicted molar refractivity (Wildman–Crippen MR) is 96.3 cm³/mol. The van der Waals surface area contributed by atoms with Crippen molar-refractivity contribution in [1.82, 2.24) is 5.32 Å². The molecule has 30 heavy (non-hydrogen) atoms. The zero-order valence-electron chi connectivity index (χ0n) is 16.3. The molecular formula is C18H20F6N2O3S. The lowest BCUT2D eigenvalue weighted by atomic mass is 9.39. The number of carbonyl (C=O) groups is 1. The SMILES string of the molecule is CC(C)(C)S(=O)(=O)Nc1cc(C(F)(F)F)ccc1C(=O)NC12CC(C(F)(F)F)(C1)C2. The van der Waals surface area contributed by atoms with Crippen LogP contribution < -0.4 is 10.0 Å². The van der Waals surface area contributed by atoms with Gasteiger partial charge in [0.25, 0.3) is 5.91 Å². The first kappa shape index (κ1) is 22.7. The van der Waals surface area contributed by atoms with Gasteiger partial charge in [-0.1, -0.05) is 0 Å². The Morgan fingerprint density at radius 3 is 1.97 bits per heavy atom. The molecule has 4 rings (SSSR count). The van der Waals surface area contributed by atoms with Gasteiger partial charge in [0.05, 0.1) is 27.0 Å². The first-order valence-corrected chi connectivity index (χ1v) is 10.4. The van der Waals surface area contributed by atoms with Gasteiger partial charge >= 0.3 is 12.4 Å². The van der Waals surface area contributed by atoms with Crippen LogP contribution in [0, 0.1) is 5.41 Å². The number of rotatable bonds is 4. The third-order valence-electron chi connectivity index (χ3n) is 5.65. The van der Waals surface area contributed by atoms with Crippen LogP contribution in [0.5, 0.6) is 0 Å². The zero-order valence-corrected chi connectivity index (χ0v) is 17.1. The highest BCUT2D eigenvalue weighted by Crippen LogP contribution is 2.73. The third-order valence-corrected chi connectivity index (χ3v) is 7.75. The van der Waals surface area contributed by atoms with Gasteiger partial charge in [-0.25, -0.2) is 8.42 Å². The number of amides is 1. The number of halogens is 6. The molecule has 2 bridgehead atoms. The predicted octanol–water partition coefficient (Wildman–Crippen LogP) is 4.46. The second-order valence-electron chi connectivity index (χ2n) is 9.02. The van der Waals surface area contributed by atoms with Crippen molar-refractivity contribution in [2.75, 3.05) is 4.72 Å². The Morgan fingerprint density at radius 1 is 1.00 bits per heavy atom. The average Bonchev–Trinajstić information content (AvgIpc) is 2.45. The minimum absolute atomic E-state index is 0.307. The average molecular weight is 458 g/mol. The van der Waals surface area contributed by atoms with E-state index in [2.05, 4.69) is 5.32 Å². The summed E-state index contributed by atoms with van der Waals surface area (Å²) >= 11 is 0. The fraction of sp³-hybridized carbons (Fsp3) is 0.611. The summed E-state index contributed by atoms with van der Waals surface area (Å²) in [6, 6.07) is 1.92. The van der Waals surface area contributed by atoms with Crippen LogP contribution in [0.25, 0.3) is 0 Å². The molecule has 0 heterocycles. The Kier molecular flexibility index (Phi) is 4.74. The van der Waals surface area contributed by atoms with Crippen molar-refractivity contribution < 1.29 is 39.6 Å².